The molecule has 3 N–H and O–H groups in total. The van der Waals surface area contributed by atoms with E-state index in [1.165, 1.54) is 0 Å². The second kappa shape index (κ2) is 7.14. The fraction of sp³-hybridized carbons (Fsp3) is 0.562. The third kappa shape index (κ3) is 4.25. The highest BCUT2D eigenvalue weighted by atomic mass is 32.2. The van der Waals surface area contributed by atoms with Gasteiger partial charge in [-0.2, -0.15) is 0 Å². The molecule has 1 saturated carbocycles. The van der Waals surface area contributed by atoms with Gasteiger partial charge in [-0.05, 0) is 30.9 Å². The first-order chi connectivity index (χ1) is 9.56. The summed E-state index contributed by atoms with van der Waals surface area (Å²) >= 11 is 1.77. The van der Waals surface area contributed by atoms with E-state index in [4.69, 9.17) is 5.73 Å². The number of nitrogens with one attached hydrogen (secondary N) is 1. The second-order valence-electron chi connectivity index (χ2n) is 5.77. The Labute approximate surface area is 125 Å². The van der Waals surface area contributed by atoms with Gasteiger partial charge in [-0.25, -0.2) is 0 Å². The smallest absolute Gasteiger partial charge is 0.224 e. The van der Waals surface area contributed by atoms with Crippen molar-refractivity contribution in [3.8, 4) is 0 Å². The van der Waals surface area contributed by atoms with Gasteiger partial charge < -0.3 is 11.1 Å². The molecule has 0 saturated heterocycles. The van der Waals surface area contributed by atoms with E-state index in [0.29, 0.717) is 17.6 Å². The maximum absolute atomic E-state index is 12.2. The van der Waals surface area contributed by atoms with Crippen LogP contribution in [0.25, 0.3) is 0 Å². The highest BCUT2D eigenvalue weighted by Gasteiger charge is 2.26. The molecule has 1 aromatic rings. The maximum atomic E-state index is 12.2. The molecule has 0 aromatic heterocycles. The summed E-state index contributed by atoms with van der Waals surface area (Å²) in [6.07, 6.45) is 3.83. The van der Waals surface area contributed by atoms with Crippen LogP contribution in [-0.2, 0) is 4.79 Å². The van der Waals surface area contributed by atoms with Gasteiger partial charge in [0.05, 0.1) is 5.69 Å². The number of carbonyl (C=O) groups excluding carboxylic acids is 1. The van der Waals surface area contributed by atoms with Crippen molar-refractivity contribution >= 4 is 23.4 Å². The number of amides is 1. The summed E-state index contributed by atoms with van der Waals surface area (Å²) in [5.74, 6) is 0.434. The SMILES string of the molecule is CC(C)Sc1ccccc1NC(=O)C[C@@H]1CCC[C@H]1N. The van der Waals surface area contributed by atoms with Crippen molar-refractivity contribution in [1.82, 2.24) is 0 Å². The molecule has 110 valence electrons. The highest BCUT2D eigenvalue weighted by molar-refractivity contribution is 8.00. The van der Waals surface area contributed by atoms with Crippen LogP contribution in [0.5, 0.6) is 0 Å². The van der Waals surface area contributed by atoms with Gasteiger partial charge in [0.2, 0.25) is 5.91 Å². The first-order valence-corrected chi connectivity index (χ1v) is 8.25. The van der Waals surface area contributed by atoms with E-state index in [9.17, 15) is 4.79 Å². The quantitative estimate of drug-likeness (QED) is 0.815. The van der Waals surface area contributed by atoms with Crippen LogP contribution < -0.4 is 11.1 Å². The molecule has 1 aliphatic carbocycles. The van der Waals surface area contributed by atoms with E-state index in [0.717, 1.165) is 29.8 Å². The number of para-hydroxylation sites is 1. The number of thioether (sulfide) groups is 1. The molecule has 1 fully saturated rings. The summed E-state index contributed by atoms with van der Waals surface area (Å²) in [4.78, 5) is 13.3. The van der Waals surface area contributed by atoms with Crippen molar-refractivity contribution in [2.24, 2.45) is 11.7 Å². The Morgan fingerprint density at radius 2 is 2.15 bits per heavy atom. The molecule has 1 amide bonds. The second-order valence-corrected chi connectivity index (χ2v) is 7.39. The third-order valence-corrected chi connectivity index (χ3v) is 4.77. The van der Waals surface area contributed by atoms with Gasteiger partial charge >= 0.3 is 0 Å². The standard InChI is InChI=1S/C16H24N2OS/c1-11(2)20-15-9-4-3-8-14(15)18-16(19)10-12-6-5-7-13(12)17/h3-4,8-9,11-13H,5-7,10,17H2,1-2H3,(H,18,19)/t12-,13+/m0/s1. The molecule has 2 atom stereocenters. The number of rotatable bonds is 5. The Hall–Kier alpha value is -1.00. The average Bonchev–Trinajstić information content (AvgIpc) is 2.77. The van der Waals surface area contributed by atoms with Crippen molar-refractivity contribution in [3.63, 3.8) is 0 Å². The number of benzene rings is 1. The van der Waals surface area contributed by atoms with Crippen LogP contribution in [0, 0.1) is 5.92 Å². The normalized spacial score (nSPS) is 22.2. The van der Waals surface area contributed by atoms with Crippen LogP contribution in [0.2, 0.25) is 0 Å². The zero-order chi connectivity index (χ0) is 14.5. The molecule has 0 spiro atoms. The molecule has 1 aromatic carbocycles. The zero-order valence-corrected chi connectivity index (χ0v) is 13.1. The van der Waals surface area contributed by atoms with Gasteiger partial charge in [0.25, 0.3) is 0 Å². The minimum Gasteiger partial charge on any atom is -0.327 e. The van der Waals surface area contributed by atoms with E-state index >= 15 is 0 Å². The lowest BCUT2D eigenvalue weighted by Crippen LogP contribution is -2.28. The Balaban J connectivity index is 1.97. The highest BCUT2D eigenvalue weighted by Crippen LogP contribution is 2.31. The molecular formula is C16H24N2OS. The van der Waals surface area contributed by atoms with Gasteiger partial charge in [0.1, 0.15) is 0 Å². The van der Waals surface area contributed by atoms with E-state index in [1.54, 1.807) is 11.8 Å². The van der Waals surface area contributed by atoms with Gasteiger partial charge in [-0.3, -0.25) is 4.79 Å². The summed E-state index contributed by atoms with van der Waals surface area (Å²) in [7, 11) is 0. The molecule has 20 heavy (non-hydrogen) atoms. The van der Waals surface area contributed by atoms with E-state index in [-0.39, 0.29) is 11.9 Å². The van der Waals surface area contributed by atoms with Crippen LogP contribution in [0.15, 0.2) is 29.2 Å². The molecule has 0 radical (unpaired) electrons. The average molecular weight is 292 g/mol. The summed E-state index contributed by atoms with van der Waals surface area (Å²) < 4.78 is 0. The number of hydrogen-bond acceptors (Lipinski definition) is 3. The van der Waals surface area contributed by atoms with Crippen LogP contribution in [0.4, 0.5) is 5.69 Å². The predicted molar refractivity (Wildman–Crippen MR) is 86.0 cm³/mol. The van der Waals surface area contributed by atoms with Gasteiger partial charge in [-0.1, -0.05) is 32.4 Å². The Kier molecular flexibility index (Phi) is 5.49. The molecule has 4 heteroatoms. The minimum atomic E-state index is 0.0872. The minimum absolute atomic E-state index is 0.0872. The number of carbonyl (C=O) groups is 1. The lowest BCUT2D eigenvalue weighted by Gasteiger charge is -2.16. The van der Waals surface area contributed by atoms with Crippen LogP contribution >= 0.6 is 11.8 Å². The lowest BCUT2D eigenvalue weighted by atomic mass is 10.00. The Bertz CT molecular complexity index is 462. The Morgan fingerprint density at radius 3 is 2.80 bits per heavy atom. The number of hydrogen-bond donors (Lipinski definition) is 2. The monoisotopic (exact) mass is 292 g/mol. The van der Waals surface area contributed by atoms with E-state index < -0.39 is 0 Å². The molecule has 2 rings (SSSR count). The van der Waals surface area contributed by atoms with Gasteiger partial charge in [-0.15, -0.1) is 11.8 Å². The van der Waals surface area contributed by atoms with Crippen molar-refractivity contribution in [3.05, 3.63) is 24.3 Å². The van der Waals surface area contributed by atoms with Crippen molar-refractivity contribution < 1.29 is 4.79 Å². The molecule has 3 nitrogen and oxygen atoms in total. The topological polar surface area (TPSA) is 55.1 Å². The molecule has 0 heterocycles. The Morgan fingerprint density at radius 1 is 1.40 bits per heavy atom. The maximum Gasteiger partial charge on any atom is 0.224 e. The van der Waals surface area contributed by atoms with Crippen LogP contribution in [0.3, 0.4) is 0 Å². The molecule has 0 unspecified atom stereocenters. The summed E-state index contributed by atoms with van der Waals surface area (Å²) in [6.45, 7) is 4.31. The fourth-order valence-electron chi connectivity index (χ4n) is 2.68. The van der Waals surface area contributed by atoms with E-state index in [2.05, 4.69) is 25.2 Å². The molecule has 0 bridgehead atoms. The van der Waals surface area contributed by atoms with E-state index in [1.807, 2.05) is 18.2 Å². The summed E-state index contributed by atoms with van der Waals surface area (Å²) in [6, 6.07) is 8.19. The van der Waals surface area contributed by atoms with Gasteiger partial charge in [0.15, 0.2) is 0 Å². The number of nitrogens with two attached hydrogens (primary N) is 1. The summed E-state index contributed by atoms with van der Waals surface area (Å²) in [5, 5.41) is 3.54. The van der Waals surface area contributed by atoms with Crippen molar-refractivity contribution in [1.29, 1.82) is 0 Å². The van der Waals surface area contributed by atoms with Crippen LogP contribution in [0.1, 0.15) is 39.5 Å². The predicted octanol–water partition coefficient (Wildman–Crippen LogP) is 3.64. The van der Waals surface area contributed by atoms with Crippen molar-refractivity contribution in [2.75, 3.05) is 5.32 Å². The molecule has 0 aliphatic heterocycles. The first-order valence-electron chi connectivity index (χ1n) is 7.37. The largest absolute Gasteiger partial charge is 0.327 e. The zero-order valence-electron chi connectivity index (χ0n) is 12.3. The molecular weight excluding hydrogens is 268 g/mol. The third-order valence-electron chi connectivity index (χ3n) is 3.69. The number of anilines is 1. The van der Waals surface area contributed by atoms with Gasteiger partial charge in [0, 0.05) is 22.6 Å². The van der Waals surface area contributed by atoms with Crippen LogP contribution in [-0.4, -0.2) is 17.2 Å². The molecule has 1 aliphatic rings. The fourth-order valence-corrected chi connectivity index (χ4v) is 3.60. The summed E-state index contributed by atoms with van der Waals surface area (Å²) in [5.41, 5.74) is 6.95. The first kappa shape index (κ1) is 15.4. The lowest BCUT2D eigenvalue weighted by molar-refractivity contribution is -0.117. The van der Waals surface area contributed by atoms with Crippen molar-refractivity contribution in [2.45, 2.75) is 55.7 Å².